The zero-order valence-corrected chi connectivity index (χ0v) is 15.6. The summed E-state index contributed by atoms with van der Waals surface area (Å²) in [5, 5.41) is 10.0. The van der Waals surface area contributed by atoms with E-state index in [4.69, 9.17) is 14.2 Å². The minimum absolute atomic E-state index is 0. The van der Waals surface area contributed by atoms with Crippen molar-refractivity contribution in [2.24, 2.45) is 0 Å². The fraction of sp³-hybridized carbons (Fsp3) is 1.00. The third-order valence-electron chi connectivity index (χ3n) is 2.35. The van der Waals surface area contributed by atoms with Crippen LogP contribution in [0.3, 0.4) is 0 Å². The van der Waals surface area contributed by atoms with Crippen LogP contribution in [0.15, 0.2) is 0 Å². The Morgan fingerprint density at radius 2 is 1.00 bits per heavy atom. The summed E-state index contributed by atoms with van der Waals surface area (Å²) in [5.41, 5.74) is 0. The van der Waals surface area contributed by atoms with Crippen LogP contribution in [-0.4, -0.2) is 31.1 Å². The molecule has 108 valence electrons. The standard InChI is InChI=1S/C13H28O4.Hf/c1-4-7-10-15-13(14,16-11-8-5-2)17-12-9-6-3;/h14H,4-12H2,1-3H3;. The number of hydrogen-bond donors (Lipinski definition) is 1. The Kier molecular flexibility index (Phi) is 16.5. The minimum Gasteiger partial charge on any atom is -0.319 e. The van der Waals surface area contributed by atoms with Gasteiger partial charge in [0.25, 0.3) is 0 Å². The molecule has 0 aromatic carbocycles. The van der Waals surface area contributed by atoms with Crippen molar-refractivity contribution >= 4 is 0 Å². The van der Waals surface area contributed by atoms with Gasteiger partial charge in [-0.1, -0.05) is 40.0 Å². The molecule has 0 fully saturated rings. The smallest absolute Gasteiger partial charge is 0.319 e. The zero-order chi connectivity index (χ0) is 13.0. The fourth-order valence-corrected chi connectivity index (χ4v) is 1.16. The Morgan fingerprint density at radius 3 is 1.22 bits per heavy atom. The molecule has 0 heterocycles. The van der Waals surface area contributed by atoms with Gasteiger partial charge in [0.05, 0.1) is 19.8 Å². The average Bonchev–Trinajstić information content (AvgIpc) is 2.30. The van der Waals surface area contributed by atoms with Gasteiger partial charge in [-0.05, 0) is 19.3 Å². The van der Waals surface area contributed by atoms with Gasteiger partial charge in [-0.15, -0.1) is 0 Å². The normalized spacial score (nSPS) is 11.3. The topological polar surface area (TPSA) is 47.9 Å². The summed E-state index contributed by atoms with van der Waals surface area (Å²) in [6.07, 6.45) is 3.85. The predicted octanol–water partition coefficient (Wildman–Crippen LogP) is 3.04. The second kappa shape index (κ2) is 14.1. The summed E-state index contributed by atoms with van der Waals surface area (Å²) in [7, 11) is 0. The molecule has 5 heteroatoms. The summed E-state index contributed by atoms with van der Waals surface area (Å²) in [6, 6.07) is 0. The number of unbranched alkanes of at least 4 members (excludes halogenated alkanes) is 3. The maximum atomic E-state index is 10.0. The van der Waals surface area contributed by atoms with Crippen molar-refractivity contribution in [1.29, 1.82) is 0 Å². The summed E-state index contributed by atoms with van der Waals surface area (Å²) < 4.78 is 15.8. The van der Waals surface area contributed by atoms with E-state index in [1.54, 1.807) is 0 Å². The van der Waals surface area contributed by atoms with Crippen molar-refractivity contribution in [1.82, 2.24) is 0 Å². The maximum Gasteiger partial charge on any atom is 0.410 e. The van der Waals surface area contributed by atoms with Gasteiger partial charge in [0, 0.05) is 25.8 Å². The summed E-state index contributed by atoms with van der Waals surface area (Å²) in [6.45, 7) is 7.55. The van der Waals surface area contributed by atoms with E-state index in [9.17, 15) is 5.11 Å². The molecule has 0 bridgehead atoms. The van der Waals surface area contributed by atoms with E-state index in [1.807, 2.05) is 0 Å². The molecule has 1 N–H and O–H groups in total. The molecular formula is C13H28HfO4. The number of aliphatic hydroxyl groups is 1. The van der Waals surface area contributed by atoms with E-state index in [0.717, 1.165) is 38.5 Å². The Balaban J connectivity index is 0. The van der Waals surface area contributed by atoms with Gasteiger partial charge in [-0.3, -0.25) is 0 Å². The molecule has 18 heavy (non-hydrogen) atoms. The Bertz CT molecular complexity index is 141. The molecule has 0 aromatic rings. The van der Waals surface area contributed by atoms with Gasteiger partial charge in [0.1, 0.15) is 0 Å². The van der Waals surface area contributed by atoms with Crippen molar-refractivity contribution in [3.05, 3.63) is 0 Å². The third-order valence-corrected chi connectivity index (χ3v) is 2.35. The van der Waals surface area contributed by atoms with Gasteiger partial charge in [-0.2, -0.15) is 0 Å². The van der Waals surface area contributed by atoms with E-state index in [-0.39, 0.29) is 25.8 Å². The molecule has 0 radical (unpaired) electrons. The number of rotatable bonds is 12. The van der Waals surface area contributed by atoms with Crippen LogP contribution in [0, 0.1) is 0 Å². The van der Waals surface area contributed by atoms with E-state index >= 15 is 0 Å². The van der Waals surface area contributed by atoms with Gasteiger partial charge in [0.15, 0.2) is 0 Å². The molecule has 0 spiro atoms. The monoisotopic (exact) mass is 428 g/mol. The molecule has 0 unspecified atom stereocenters. The number of hydrogen-bond acceptors (Lipinski definition) is 4. The Hall–Kier alpha value is 0.710. The van der Waals surface area contributed by atoms with Crippen LogP contribution in [0.4, 0.5) is 0 Å². The van der Waals surface area contributed by atoms with Gasteiger partial charge >= 0.3 is 6.16 Å². The van der Waals surface area contributed by atoms with E-state index in [0.29, 0.717) is 19.8 Å². The molecule has 0 aliphatic heterocycles. The summed E-state index contributed by atoms with van der Waals surface area (Å²) in [4.78, 5) is 0. The van der Waals surface area contributed by atoms with Crippen LogP contribution in [0.2, 0.25) is 0 Å². The van der Waals surface area contributed by atoms with Crippen LogP contribution >= 0.6 is 0 Å². The molecule has 0 atom stereocenters. The van der Waals surface area contributed by atoms with Gasteiger partial charge in [0.2, 0.25) is 0 Å². The molecule has 0 aliphatic carbocycles. The molecule has 0 aliphatic rings. The van der Waals surface area contributed by atoms with Crippen LogP contribution < -0.4 is 0 Å². The molecule has 0 saturated heterocycles. The first-order valence-corrected chi connectivity index (χ1v) is 6.82. The van der Waals surface area contributed by atoms with Crippen LogP contribution in [0.5, 0.6) is 0 Å². The molecule has 0 rings (SSSR count). The first kappa shape index (κ1) is 21.0. The molecular weight excluding hydrogens is 399 g/mol. The second-order valence-electron chi connectivity index (χ2n) is 4.13. The molecule has 0 aromatic heterocycles. The van der Waals surface area contributed by atoms with Crippen LogP contribution in [0.1, 0.15) is 59.3 Å². The maximum absolute atomic E-state index is 10.0. The largest absolute Gasteiger partial charge is 0.410 e. The molecule has 0 amide bonds. The third kappa shape index (κ3) is 11.8. The van der Waals surface area contributed by atoms with E-state index < -0.39 is 6.16 Å². The quantitative estimate of drug-likeness (QED) is 0.296. The first-order chi connectivity index (χ1) is 8.18. The van der Waals surface area contributed by atoms with Crippen LogP contribution in [0.25, 0.3) is 0 Å². The van der Waals surface area contributed by atoms with Gasteiger partial charge in [-0.25, -0.2) is 0 Å². The van der Waals surface area contributed by atoms with E-state index in [2.05, 4.69) is 20.8 Å². The zero-order valence-electron chi connectivity index (χ0n) is 12.0. The molecule has 0 saturated carbocycles. The van der Waals surface area contributed by atoms with Gasteiger partial charge < -0.3 is 19.3 Å². The number of ether oxygens (including phenoxy) is 3. The fourth-order valence-electron chi connectivity index (χ4n) is 1.16. The van der Waals surface area contributed by atoms with E-state index in [1.165, 1.54) is 0 Å². The Morgan fingerprint density at radius 1 is 0.722 bits per heavy atom. The second-order valence-corrected chi connectivity index (χ2v) is 4.13. The summed E-state index contributed by atoms with van der Waals surface area (Å²) >= 11 is 0. The van der Waals surface area contributed by atoms with Crippen molar-refractivity contribution in [2.45, 2.75) is 65.5 Å². The van der Waals surface area contributed by atoms with Crippen molar-refractivity contribution < 1.29 is 45.2 Å². The average molecular weight is 427 g/mol. The van der Waals surface area contributed by atoms with Crippen molar-refractivity contribution in [3.8, 4) is 0 Å². The molecule has 4 nitrogen and oxygen atoms in total. The predicted molar refractivity (Wildman–Crippen MR) is 67.5 cm³/mol. The van der Waals surface area contributed by atoms with Crippen molar-refractivity contribution in [3.63, 3.8) is 0 Å². The first-order valence-electron chi connectivity index (χ1n) is 6.82. The Labute approximate surface area is 130 Å². The minimum atomic E-state index is -1.85. The summed E-state index contributed by atoms with van der Waals surface area (Å²) in [5.74, 6) is 0. The van der Waals surface area contributed by atoms with Crippen molar-refractivity contribution in [2.75, 3.05) is 19.8 Å². The van der Waals surface area contributed by atoms with Crippen LogP contribution in [-0.2, 0) is 40.1 Å². The SMILES string of the molecule is CCCCOC(O)(OCCCC)OCCCC.[Hf].